The summed E-state index contributed by atoms with van der Waals surface area (Å²) in [5.41, 5.74) is 1.13. The van der Waals surface area contributed by atoms with Crippen LogP contribution in [0.1, 0.15) is 25.8 Å². The number of phenols is 1. The van der Waals surface area contributed by atoms with Crippen molar-refractivity contribution in [2.24, 2.45) is 0 Å². The Balaban J connectivity index is 2.64. The van der Waals surface area contributed by atoms with Crippen LogP contribution >= 0.6 is 0 Å². The first-order valence-corrected chi connectivity index (χ1v) is 6.21. The fourth-order valence-corrected chi connectivity index (χ4v) is 1.84. The lowest BCUT2D eigenvalue weighted by Gasteiger charge is -2.24. The fraction of sp³-hybridized carbons (Fsp3) is 0.571. The Hall–Kier alpha value is -1.06. The van der Waals surface area contributed by atoms with Crippen molar-refractivity contribution in [2.45, 2.75) is 38.8 Å². The molecule has 3 heteroatoms. The molecule has 0 aliphatic carbocycles. The summed E-state index contributed by atoms with van der Waals surface area (Å²) in [6, 6.07) is 7.68. The van der Waals surface area contributed by atoms with E-state index in [1.165, 1.54) is 0 Å². The molecule has 1 aromatic carbocycles. The smallest absolute Gasteiger partial charge is 0.115 e. The van der Waals surface area contributed by atoms with Crippen molar-refractivity contribution in [3.05, 3.63) is 29.8 Å². The van der Waals surface area contributed by atoms with Crippen LogP contribution in [0, 0.1) is 0 Å². The zero-order valence-electron chi connectivity index (χ0n) is 10.9. The van der Waals surface area contributed by atoms with Crippen molar-refractivity contribution >= 4 is 0 Å². The molecular weight excluding hydrogens is 214 g/mol. The van der Waals surface area contributed by atoms with Crippen LogP contribution in [-0.2, 0) is 11.2 Å². The highest BCUT2D eigenvalue weighted by molar-refractivity contribution is 5.27. The SMILES string of the molecule is CCCNC(Cc1cccc(O)c1)C(C)OC. The third-order valence-electron chi connectivity index (χ3n) is 2.96. The summed E-state index contributed by atoms with van der Waals surface area (Å²) in [5, 5.41) is 12.9. The van der Waals surface area contributed by atoms with E-state index in [2.05, 4.69) is 19.2 Å². The van der Waals surface area contributed by atoms with Gasteiger partial charge in [-0.25, -0.2) is 0 Å². The quantitative estimate of drug-likeness (QED) is 0.765. The third kappa shape index (κ3) is 4.75. The minimum atomic E-state index is 0.156. The lowest BCUT2D eigenvalue weighted by Crippen LogP contribution is -2.41. The second-order valence-corrected chi connectivity index (χ2v) is 4.38. The monoisotopic (exact) mass is 237 g/mol. The molecule has 0 aliphatic rings. The highest BCUT2D eigenvalue weighted by Gasteiger charge is 2.16. The van der Waals surface area contributed by atoms with Gasteiger partial charge in [-0.15, -0.1) is 0 Å². The lowest BCUT2D eigenvalue weighted by atomic mass is 10.0. The van der Waals surface area contributed by atoms with Crippen LogP contribution < -0.4 is 5.32 Å². The standard InChI is InChI=1S/C14H23NO2/c1-4-8-15-14(11(2)17-3)10-12-6-5-7-13(16)9-12/h5-7,9,11,14-16H,4,8,10H2,1-3H3. The Bertz CT molecular complexity index is 328. The molecule has 1 aromatic rings. The summed E-state index contributed by atoms with van der Waals surface area (Å²) in [7, 11) is 1.73. The average Bonchev–Trinajstić information content (AvgIpc) is 2.33. The molecule has 0 bridgehead atoms. The first-order valence-electron chi connectivity index (χ1n) is 6.21. The Morgan fingerprint density at radius 3 is 2.76 bits per heavy atom. The van der Waals surface area contributed by atoms with Gasteiger partial charge in [-0.2, -0.15) is 0 Å². The van der Waals surface area contributed by atoms with E-state index in [0.717, 1.165) is 24.9 Å². The van der Waals surface area contributed by atoms with E-state index in [1.54, 1.807) is 13.2 Å². The van der Waals surface area contributed by atoms with Gasteiger partial charge in [0.2, 0.25) is 0 Å². The minimum absolute atomic E-state index is 0.156. The van der Waals surface area contributed by atoms with Crippen LogP contribution in [0.4, 0.5) is 0 Å². The van der Waals surface area contributed by atoms with Gasteiger partial charge in [0.25, 0.3) is 0 Å². The summed E-state index contributed by atoms with van der Waals surface area (Å²) in [6.07, 6.45) is 2.13. The van der Waals surface area contributed by atoms with E-state index < -0.39 is 0 Å². The molecule has 2 N–H and O–H groups in total. The Labute approximate surface area is 104 Å². The molecule has 0 radical (unpaired) electrons. The average molecular weight is 237 g/mol. The molecule has 17 heavy (non-hydrogen) atoms. The minimum Gasteiger partial charge on any atom is -0.508 e. The summed E-state index contributed by atoms with van der Waals surface area (Å²) in [5.74, 6) is 0.321. The molecule has 2 unspecified atom stereocenters. The van der Waals surface area contributed by atoms with E-state index >= 15 is 0 Å². The van der Waals surface area contributed by atoms with E-state index in [4.69, 9.17) is 4.74 Å². The summed E-state index contributed by atoms with van der Waals surface area (Å²) in [6.45, 7) is 5.20. The number of nitrogens with one attached hydrogen (secondary N) is 1. The molecule has 3 nitrogen and oxygen atoms in total. The Morgan fingerprint density at radius 2 is 2.18 bits per heavy atom. The normalized spacial score (nSPS) is 14.5. The van der Waals surface area contributed by atoms with Gasteiger partial charge < -0.3 is 15.2 Å². The third-order valence-corrected chi connectivity index (χ3v) is 2.96. The van der Waals surface area contributed by atoms with Crippen molar-refractivity contribution < 1.29 is 9.84 Å². The molecule has 1 rings (SSSR count). The molecule has 0 fully saturated rings. The number of rotatable bonds is 7. The predicted molar refractivity (Wildman–Crippen MR) is 70.4 cm³/mol. The van der Waals surface area contributed by atoms with Crippen molar-refractivity contribution in [3.8, 4) is 5.75 Å². The van der Waals surface area contributed by atoms with Gasteiger partial charge in [0.15, 0.2) is 0 Å². The fourth-order valence-electron chi connectivity index (χ4n) is 1.84. The zero-order valence-corrected chi connectivity index (χ0v) is 10.9. The molecular formula is C14H23NO2. The highest BCUT2D eigenvalue weighted by Crippen LogP contribution is 2.14. The predicted octanol–water partition coefficient (Wildman–Crippen LogP) is 2.34. The molecule has 0 aliphatic heterocycles. The van der Waals surface area contributed by atoms with Crippen molar-refractivity contribution in [3.63, 3.8) is 0 Å². The largest absolute Gasteiger partial charge is 0.508 e. The van der Waals surface area contributed by atoms with Gasteiger partial charge in [-0.1, -0.05) is 19.1 Å². The van der Waals surface area contributed by atoms with Gasteiger partial charge >= 0.3 is 0 Å². The topological polar surface area (TPSA) is 41.5 Å². The maximum absolute atomic E-state index is 9.45. The molecule has 0 saturated heterocycles. The van der Waals surface area contributed by atoms with Crippen LogP contribution in [0.25, 0.3) is 0 Å². The van der Waals surface area contributed by atoms with Crippen molar-refractivity contribution in [1.29, 1.82) is 0 Å². The van der Waals surface area contributed by atoms with Crippen LogP contribution in [-0.4, -0.2) is 30.9 Å². The van der Waals surface area contributed by atoms with Crippen LogP contribution in [0.2, 0.25) is 0 Å². The zero-order chi connectivity index (χ0) is 12.7. The number of aromatic hydroxyl groups is 1. The summed E-state index contributed by atoms with van der Waals surface area (Å²) >= 11 is 0. The Kier molecular flexibility index (Phi) is 6.01. The van der Waals surface area contributed by atoms with E-state index in [9.17, 15) is 5.11 Å². The Morgan fingerprint density at radius 1 is 1.41 bits per heavy atom. The molecule has 0 heterocycles. The van der Waals surface area contributed by atoms with E-state index in [-0.39, 0.29) is 12.1 Å². The van der Waals surface area contributed by atoms with Gasteiger partial charge in [0.1, 0.15) is 5.75 Å². The number of phenolic OH excluding ortho intramolecular Hbond substituents is 1. The second-order valence-electron chi connectivity index (χ2n) is 4.38. The molecule has 0 saturated carbocycles. The number of hydrogen-bond donors (Lipinski definition) is 2. The summed E-state index contributed by atoms with van der Waals surface area (Å²) < 4.78 is 5.39. The van der Waals surface area contributed by atoms with Gasteiger partial charge in [-0.3, -0.25) is 0 Å². The molecule has 2 atom stereocenters. The maximum Gasteiger partial charge on any atom is 0.115 e. The van der Waals surface area contributed by atoms with E-state index in [1.807, 2.05) is 18.2 Å². The van der Waals surface area contributed by atoms with Crippen molar-refractivity contribution in [2.75, 3.05) is 13.7 Å². The number of benzene rings is 1. The lowest BCUT2D eigenvalue weighted by molar-refractivity contribution is 0.0830. The molecule has 96 valence electrons. The van der Waals surface area contributed by atoms with Crippen LogP contribution in [0.5, 0.6) is 5.75 Å². The molecule has 0 aromatic heterocycles. The number of hydrogen-bond acceptors (Lipinski definition) is 3. The van der Waals surface area contributed by atoms with Gasteiger partial charge in [0.05, 0.1) is 6.10 Å². The molecule has 0 amide bonds. The highest BCUT2D eigenvalue weighted by atomic mass is 16.5. The van der Waals surface area contributed by atoms with E-state index in [0.29, 0.717) is 5.75 Å². The molecule has 0 spiro atoms. The van der Waals surface area contributed by atoms with Gasteiger partial charge in [-0.05, 0) is 44.0 Å². The number of ether oxygens (including phenoxy) is 1. The van der Waals surface area contributed by atoms with Crippen LogP contribution in [0.15, 0.2) is 24.3 Å². The van der Waals surface area contributed by atoms with Crippen molar-refractivity contribution in [1.82, 2.24) is 5.32 Å². The first-order chi connectivity index (χ1) is 8.17. The second kappa shape index (κ2) is 7.30. The van der Waals surface area contributed by atoms with Crippen LogP contribution in [0.3, 0.4) is 0 Å². The summed E-state index contributed by atoms with van der Waals surface area (Å²) in [4.78, 5) is 0. The van der Waals surface area contributed by atoms with Gasteiger partial charge in [0, 0.05) is 13.2 Å². The first kappa shape index (κ1) is 14.0. The number of methoxy groups -OCH3 is 1. The maximum atomic E-state index is 9.45.